The van der Waals surface area contributed by atoms with Crippen molar-refractivity contribution in [2.75, 3.05) is 34.4 Å². The lowest BCUT2D eigenvalue weighted by Gasteiger charge is -2.47. The van der Waals surface area contributed by atoms with E-state index in [2.05, 4.69) is 35.6 Å². The van der Waals surface area contributed by atoms with Gasteiger partial charge in [-0.05, 0) is 42.4 Å². The predicted octanol–water partition coefficient (Wildman–Crippen LogP) is 3.84. The molecule has 1 fully saturated rings. The Morgan fingerprint density at radius 2 is 2.07 bits per heavy atom. The molecule has 1 aromatic carbocycles. The van der Waals surface area contributed by atoms with Gasteiger partial charge < -0.3 is 18.8 Å². The number of aryl methyl sites for hydroxylation is 1. The van der Waals surface area contributed by atoms with E-state index < -0.39 is 0 Å². The molecule has 1 aromatic heterocycles. The number of methoxy groups -OCH3 is 3. The number of piperidine rings is 1. The molecule has 2 aromatic rings. The average Bonchev–Trinajstić information content (AvgIpc) is 3.08. The largest absolute Gasteiger partial charge is 0.504 e. The summed E-state index contributed by atoms with van der Waals surface area (Å²) in [6.07, 6.45) is 4.50. The minimum Gasteiger partial charge on any atom is -0.504 e. The molecule has 0 aliphatic carbocycles. The van der Waals surface area contributed by atoms with Gasteiger partial charge in [-0.25, -0.2) is 4.79 Å². The minimum absolute atomic E-state index is 0.106. The lowest BCUT2D eigenvalue weighted by atomic mass is 9.74. The number of rotatable bonds is 5. The molecule has 3 atom stereocenters. The molecule has 0 bridgehead atoms. The number of benzene rings is 1. The quantitative estimate of drug-likeness (QED) is 0.424. The lowest BCUT2D eigenvalue weighted by molar-refractivity contribution is -0.137. The zero-order chi connectivity index (χ0) is 21.4. The fraction of sp³-hybridized carbons (Fsp3) is 0.542. The zero-order valence-corrected chi connectivity index (χ0v) is 18.6. The van der Waals surface area contributed by atoms with Gasteiger partial charge in [-0.3, -0.25) is 4.90 Å². The van der Waals surface area contributed by atoms with E-state index in [1.165, 1.54) is 29.3 Å². The monoisotopic (exact) mass is 412 g/mol. The number of carbonyl (C=O) groups is 1. The van der Waals surface area contributed by atoms with E-state index in [1.54, 1.807) is 20.5 Å². The standard InChI is InChI=1S/C24H32N2O4/c1-6-15-13-26-11-10-16-22-19(8-7-9-21(22)29-4)25(2)23(16)20(26)12-17(15)18(14-28-3)24(27)30-5/h7-9,14-15,17,20H,6,10-13H2,1-5H3/b18-14-/t15-,17+,20+/m1/s1. The van der Waals surface area contributed by atoms with Gasteiger partial charge in [0.1, 0.15) is 5.75 Å². The van der Waals surface area contributed by atoms with Crippen LogP contribution in [0.3, 0.4) is 0 Å². The first kappa shape index (κ1) is 20.8. The van der Waals surface area contributed by atoms with Crippen molar-refractivity contribution in [1.29, 1.82) is 0 Å². The average molecular weight is 413 g/mol. The molecule has 6 nitrogen and oxygen atoms in total. The van der Waals surface area contributed by atoms with E-state index in [-0.39, 0.29) is 17.9 Å². The zero-order valence-electron chi connectivity index (χ0n) is 18.6. The Morgan fingerprint density at radius 1 is 1.27 bits per heavy atom. The summed E-state index contributed by atoms with van der Waals surface area (Å²) in [4.78, 5) is 15.2. The number of hydrogen-bond acceptors (Lipinski definition) is 5. The van der Waals surface area contributed by atoms with E-state index in [9.17, 15) is 4.79 Å². The van der Waals surface area contributed by atoms with Crippen molar-refractivity contribution in [1.82, 2.24) is 9.47 Å². The van der Waals surface area contributed by atoms with E-state index in [1.807, 2.05) is 6.07 Å². The molecule has 0 N–H and O–H groups in total. The molecule has 4 rings (SSSR count). The van der Waals surface area contributed by atoms with Crippen LogP contribution in [0.1, 0.15) is 37.1 Å². The summed E-state index contributed by atoms with van der Waals surface area (Å²) < 4.78 is 18.4. The number of carbonyl (C=O) groups excluding carboxylic acids is 1. The topological polar surface area (TPSA) is 52.9 Å². The molecule has 3 heterocycles. The Balaban J connectivity index is 1.81. The minimum atomic E-state index is -0.288. The molecular weight excluding hydrogens is 380 g/mol. The number of aromatic nitrogens is 1. The van der Waals surface area contributed by atoms with Crippen molar-refractivity contribution in [3.63, 3.8) is 0 Å². The van der Waals surface area contributed by atoms with Gasteiger partial charge in [0.05, 0.1) is 44.7 Å². The molecular formula is C24H32N2O4. The maximum Gasteiger partial charge on any atom is 0.337 e. The smallest absolute Gasteiger partial charge is 0.337 e. The number of esters is 1. The summed E-state index contributed by atoms with van der Waals surface area (Å²) in [6, 6.07) is 6.52. The molecule has 0 saturated carbocycles. The molecule has 2 aliphatic rings. The molecule has 0 unspecified atom stereocenters. The Labute approximate surface area is 178 Å². The first-order valence-electron chi connectivity index (χ1n) is 10.7. The number of nitrogens with zero attached hydrogens (tertiary/aromatic N) is 2. The third-order valence-corrected chi connectivity index (χ3v) is 7.07. The second kappa shape index (κ2) is 8.34. The maximum absolute atomic E-state index is 12.6. The van der Waals surface area contributed by atoms with Gasteiger partial charge in [-0.1, -0.05) is 19.4 Å². The van der Waals surface area contributed by atoms with Gasteiger partial charge in [0.2, 0.25) is 0 Å². The van der Waals surface area contributed by atoms with Gasteiger partial charge in [0.15, 0.2) is 0 Å². The Kier molecular flexibility index (Phi) is 5.78. The van der Waals surface area contributed by atoms with Gasteiger partial charge in [-0.15, -0.1) is 0 Å². The van der Waals surface area contributed by atoms with Gasteiger partial charge in [0.25, 0.3) is 0 Å². The van der Waals surface area contributed by atoms with Crippen LogP contribution in [0, 0.1) is 11.8 Å². The Morgan fingerprint density at radius 3 is 2.73 bits per heavy atom. The van der Waals surface area contributed by atoms with Gasteiger partial charge >= 0.3 is 5.97 Å². The molecule has 162 valence electrons. The summed E-state index contributed by atoms with van der Waals surface area (Å²) in [7, 11) is 6.92. The SMILES string of the molecule is CC[C@@H]1CN2CCc3c(n(C)c4cccc(OC)c34)[C@@H]2C[C@@H]1/C(=C/OC)C(=O)OC. The van der Waals surface area contributed by atoms with Crippen LogP contribution < -0.4 is 4.74 Å². The molecule has 2 aliphatic heterocycles. The van der Waals surface area contributed by atoms with Crippen LogP contribution in [0.25, 0.3) is 10.9 Å². The van der Waals surface area contributed by atoms with Crippen molar-refractivity contribution >= 4 is 16.9 Å². The highest BCUT2D eigenvalue weighted by Gasteiger charge is 2.43. The number of hydrogen-bond donors (Lipinski definition) is 0. The van der Waals surface area contributed by atoms with Crippen LogP contribution in [0.4, 0.5) is 0 Å². The van der Waals surface area contributed by atoms with Crippen molar-refractivity contribution in [2.24, 2.45) is 18.9 Å². The van der Waals surface area contributed by atoms with Crippen LogP contribution in [0.5, 0.6) is 5.75 Å². The molecule has 6 heteroatoms. The van der Waals surface area contributed by atoms with E-state index in [0.29, 0.717) is 11.5 Å². The Hall–Kier alpha value is -2.47. The lowest BCUT2D eigenvalue weighted by Crippen LogP contribution is -2.47. The van der Waals surface area contributed by atoms with Crippen LogP contribution in [0.15, 0.2) is 30.0 Å². The van der Waals surface area contributed by atoms with E-state index in [4.69, 9.17) is 14.2 Å². The summed E-state index contributed by atoms with van der Waals surface area (Å²) in [5.74, 6) is 1.15. The summed E-state index contributed by atoms with van der Waals surface area (Å²) in [5, 5.41) is 1.23. The predicted molar refractivity (Wildman–Crippen MR) is 116 cm³/mol. The third-order valence-electron chi connectivity index (χ3n) is 7.07. The van der Waals surface area contributed by atoms with Crippen molar-refractivity contribution in [2.45, 2.75) is 32.2 Å². The van der Waals surface area contributed by atoms with Crippen molar-refractivity contribution in [3.05, 3.63) is 41.3 Å². The third kappa shape index (κ3) is 3.18. The maximum atomic E-state index is 12.6. The van der Waals surface area contributed by atoms with Crippen LogP contribution in [0.2, 0.25) is 0 Å². The number of ether oxygens (including phenoxy) is 3. The van der Waals surface area contributed by atoms with E-state index >= 15 is 0 Å². The molecule has 30 heavy (non-hydrogen) atoms. The van der Waals surface area contributed by atoms with Crippen LogP contribution >= 0.6 is 0 Å². The summed E-state index contributed by atoms with van der Waals surface area (Å²) >= 11 is 0. The van der Waals surface area contributed by atoms with E-state index in [0.717, 1.165) is 38.1 Å². The molecule has 0 spiro atoms. The fourth-order valence-electron chi connectivity index (χ4n) is 5.66. The molecule has 0 amide bonds. The Bertz CT molecular complexity index is 977. The van der Waals surface area contributed by atoms with Crippen LogP contribution in [-0.4, -0.2) is 49.9 Å². The van der Waals surface area contributed by atoms with Crippen molar-refractivity contribution < 1.29 is 19.0 Å². The second-order valence-electron chi connectivity index (χ2n) is 8.35. The summed E-state index contributed by atoms with van der Waals surface area (Å²) in [6.45, 7) is 4.21. The first-order valence-corrected chi connectivity index (χ1v) is 10.7. The second-order valence-corrected chi connectivity index (χ2v) is 8.35. The van der Waals surface area contributed by atoms with Gasteiger partial charge in [-0.2, -0.15) is 0 Å². The number of fused-ring (bicyclic) bond motifs is 5. The highest BCUT2D eigenvalue weighted by atomic mass is 16.5. The van der Waals surface area contributed by atoms with Crippen molar-refractivity contribution in [3.8, 4) is 5.75 Å². The normalized spacial score (nSPS) is 24.3. The highest BCUT2D eigenvalue weighted by molar-refractivity contribution is 5.92. The first-order chi connectivity index (χ1) is 14.5. The summed E-state index contributed by atoms with van der Waals surface area (Å²) in [5.41, 5.74) is 4.59. The molecule has 0 radical (unpaired) electrons. The van der Waals surface area contributed by atoms with Crippen LogP contribution in [-0.2, 0) is 27.7 Å². The van der Waals surface area contributed by atoms with Gasteiger partial charge in [0, 0.05) is 31.2 Å². The molecule has 1 saturated heterocycles. The fourth-order valence-corrected chi connectivity index (χ4v) is 5.66. The highest BCUT2D eigenvalue weighted by Crippen LogP contribution is 2.48.